The number of halogens is 1. The lowest BCUT2D eigenvalue weighted by atomic mass is 10.00. The van der Waals surface area contributed by atoms with Crippen LogP contribution in [0.1, 0.15) is 17.2 Å². The SMILES string of the molecule is COc1ccc(Cl)cc1NC(=O)C(=O)NC[C@H](c1ccc2c(c1)CCN2C)N1CCN(C)CC1. The summed E-state index contributed by atoms with van der Waals surface area (Å²) in [6, 6.07) is 11.4. The summed E-state index contributed by atoms with van der Waals surface area (Å²) in [6.45, 7) is 5.10. The molecular formula is C25H32ClN5O3. The van der Waals surface area contributed by atoms with Crippen molar-refractivity contribution in [3.05, 3.63) is 52.5 Å². The number of ether oxygens (including phenoxy) is 1. The largest absolute Gasteiger partial charge is 0.495 e. The highest BCUT2D eigenvalue weighted by atomic mass is 35.5. The van der Waals surface area contributed by atoms with E-state index in [4.69, 9.17) is 16.3 Å². The Bertz CT molecular complexity index is 1050. The summed E-state index contributed by atoms with van der Waals surface area (Å²) in [5, 5.41) is 5.89. The molecule has 8 nitrogen and oxygen atoms in total. The van der Waals surface area contributed by atoms with Gasteiger partial charge in [0.1, 0.15) is 5.75 Å². The second kappa shape index (κ2) is 10.6. The van der Waals surface area contributed by atoms with Gasteiger partial charge < -0.3 is 25.2 Å². The molecule has 4 rings (SSSR count). The number of fused-ring (bicyclic) bond motifs is 1. The number of methoxy groups -OCH3 is 1. The summed E-state index contributed by atoms with van der Waals surface area (Å²) in [7, 11) is 5.72. The molecule has 0 unspecified atom stereocenters. The van der Waals surface area contributed by atoms with Crippen LogP contribution in [-0.4, -0.2) is 82.1 Å². The highest BCUT2D eigenvalue weighted by Gasteiger charge is 2.27. The fourth-order valence-corrected chi connectivity index (χ4v) is 4.78. The van der Waals surface area contributed by atoms with Crippen LogP contribution in [0, 0.1) is 0 Å². The van der Waals surface area contributed by atoms with Crippen molar-refractivity contribution in [2.45, 2.75) is 12.5 Å². The predicted octanol–water partition coefficient (Wildman–Crippen LogP) is 2.38. The average Bonchev–Trinajstić information content (AvgIpc) is 3.20. The van der Waals surface area contributed by atoms with Crippen molar-refractivity contribution in [2.24, 2.45) is 0 Å². The number of nitrogens with zero attached hydrogens (tertiary/aromatic N) is 3. The molecule has 2 N–H and O–H groups in total. The van der Waals surface area contributed by atoms with E-state index in [-0.39, 0.29) is 6.04 Å². The van der Waals surface area contributed by atoms with Gasteiger partial charge in [-0.05, 0) is 48.9 Å². The van der Waals surface area contributed by atoms with Crippen LogP contribution in [0.2, 0.25) is 5.02 Å². The van der Waals surface area contributed by atoms with E-state index in [1.165, 1.54) is 18.4 Å². The quantitative estimate of drug-likeness (QED) is 0.612. The van der Waals surface area contributed by atoms with Crippen molar-refractivity contribution in [1.29, 1.82) is 0 Å². The Morgan fingerprint density at radius 3 is 2.53 bits per heavy atom. The van der Waals surface area contributed by atoms with Gasteiger partial charge in [-0.2, -0.15) is 0 Å². The fraction of sp³-hybridized carbons (Fsp3) is 0.440. The molecule has 182 valence electrons. The molecule has 2 aromatic carbocycles. The van der Waals surface area contributed by atoms with Crippen LogP contribution in [0.25, 0.3) is 0 Å². The van der Waals surface area contributed by atoms with E-state index >= 15 is 0 Å². The maximum absolute atomic E-state index is 12.7. The van der Waals surface area contributed by atoms with E-state index in [2.05, 4.69) is 57.6 Å². The predicted molar refractivity (Wildman–Crippen MR) is 135 cm³/mol. The first-order chi connectivity index (χ1) is 16.4. The number of benzene rings is 2. The lowest BCUT2D eigenvalue weighted by molar-refractivity contribution is -0.136. The summed E-state index contributed by atoms with van der Waals surface area (Å²) >= 11 is 6.03. The van der Waals surface area contributed by atoms with E-state index in [0.717, 1.165) is 44.7 Å². The molecule has 2 amide bonds. The molecule has 2 aliphatic heterocycles. The molecule has 1 atom stereocenters. The van der Waals surface area contributed by atoms with Crippen molar-refractivity contribution < 1.29 is 14.3 Å². The van der Waals surface area contributed by atoms with Gasteiger partial charge in [0.15, 0.2) is 0 Å². The highest BCUT2D eigenvalue weighted by molar-refractivity contribution is 6.40. The monoisotopic (exact) mass is 485 g/mol. The number of hydrogen-bond donors (Lipinski definition) is 2. The fourth-order valence-electron chi connectivity index (χ4n) is 4.61. The van der Waals surface area contributed by atoms with Gasteiger partial charge in [0.05, 0.1) is 18.8 Å². The first-order valence-electron chi connectivity index (χ1n) is 11.5. The number of likely N-dealkylation sites (N-methyl/N-ethyl adjacent to an activating group) is 2. The molecule has 0 radical (unpaired) electrons. The third kappa shape index (κ3) is 5.46. The standard InChI is InChI=1S/C25H32ClN5O3/c1-29-10-12-31(13-11-29)22(17-4-6-21-18(14-17)8-9-30(21)2)16-27-24(32)25(33)28-20-15-19(26)5-7-23(20)34-3/h4-7,14-15,22H,8-13,16H2,1-3H3,(H,27,32)(H,28,33)/t22-/m1/s1. The van der Waals surface area contributed by atoms with E-state index in [9.17, 15) is 9.59 Å². The first-order valence-corrected chi connectivity index (χ1v) is 11.9. The van der Waals surface area contributed by atoms with Crippen molar-refractivity contribution in [3.8, 4) is 5.75 Å². The molecular weight excluding hydrogens is 454 g/mol. The second-order valence-electron chi connectivity index (χ2n) is 8.92. The minimum Gasteiger partial charge on any atom is -0.495 e. The Kier molecular flexibility index (Phi) is 7.60. The number of rotatable bonds is 6. The van der Waals surface area contributed by atoms with Crippen molar-refractivity contribution in [2.75, 3.05) is 70.7 Å². The normalized spacial score (nSPS) is 17.2. The smallest absolute Gasteiger partial charge is 0.313 e. The zero-order chi connectivity index (χ0) is 24.2. The highest BCUT2D eigenvalue weighted by Crippen LogP contribution is 2.31. The summed E-state index contributed by atoms with van der Waals surface area (Å²) < 4.78 is 5.25. The molecule has 0 aliphatic carbocycles. The third-order valence-electron chi connectivity index (χ3n) is 6.67. The Labute approximate surface area is 205 Å². The van der Waals surface area contributed by atoms with Gasteiger partial charge in [-0.25, -0.2) is 0 Å². The number of anilines is 2. The number of carbonyl (C=O) groups excluding carboxylic acids is 2. The molecule has 1 saturated heterocycles. The number of piperazine rings is 1. The molecule has 9 heteroatoms. The topological polar surface area (TPSA) is 77.1 Å². The van der Waals surface area contributed by atoms with Crippen LogP contribution < -0.4 is 20.3 Å². The zero-order valence-electron chi connectivity index (χ0n) is 19.9. The number of carbonyl (C=O) groups is 2. The van der Waals surface area contributed by atoms with Crippen LogP contribution in [-0.2, 0) is 16.0 Å². The Morgan fingerprint density at radius 1 is 1.03 bits per heavy atom. The van der Waals surface area contributed by atoms with Gasteiger partial charge >= 0.3 is 11.8 Å². The van der Waals surface area contributed by atoms with Crippen LogP contribution >= 0.6 is 11.6 Å². The molecule has 0 spiro atoms. The molecule has 2 aliphatic rings. The van der Waals surface area contributed by atoms with E-state index < -0.39 is 11.8 Å². The van der Waals surface area contributed by atoms with E-state index in [0.29, 0.717) is 23.0 Å². The molecule has 2 aromatic rings. The maximum Gasteiger partial charge on any atom is 0.313 e. The van der Waals surface area contributed by atoms with Crippen molar-refractivity contribution in [3.63, 3.8) is 0 Å². The zero-order valence-corrected chi connectivity index (χ0v) is 20.7. The minimum absolute atomic E-state index is 0.0117. The third-order valence-corrected chi connectivity index (χ3v) is 6.90. The number of amides is 2. The summed E-state index contributed by atoms with van der Waals surface area (Å²) in [6.07, 6.45) is 1.02. The van der Waals surface area contributed by atoms with Crippen LogP contribution in [0.15, 0.2) is 36.4 Å². The van der Waals surface area contributed by atoms with E-state index in [1.54, 1.807) is 18.2 Å². The lowest BCUT2D eigenvalue weighted by Gasteiger charge is -2.38. The second-order valence-corrected chi connectivity index (χ2v) is 9.36. The van der Waals surface area contributed by atoms with E-state index in [1.807, 2.05) is 0 Å². The number of hydrogen-bond acceptors (Lipinski definition) is 6. The Morgan fingerprint density at radius 2 is 1.79 bits per heavy atom. The maximum atomic E-state index is 12.7. The summed E-state index contributed by atoms with van der Waals surface area (Å²) in [5.74, 6) is -1.01. The van der Waals surface area contributed by atoms with Crippen LogP contribution in [0.5, 0.6) is 5.75 Å². The lowest BCUT2D eigenvalue weighted by Crippen LogP contribution is -2.49. The van der Waals surface area contributed by atoms with Crippen LogP contribution in [0.4, 0.5) is 11.4 Å². The first kappa shape index (κ1) is 24.3. The van der Waals surface area contributed by atoms with Crippen LogP contribution in [0.3, 0.4) is 0 Å². The minimum atomic E-state index is -0.756. The van der Waals surface area contributed by atoms with Gasteiger partial charge in [-0.1, -0.05) is 23.7 Å². The van der Waals surface area contributed by atoms with Gasteiger partial charge in [-0.15, -0.1) is 0 Å². The molecule has 0 aromatic heterocycles. The van der Waals surface area contributed by atoms with Gasteiger partial charge in [-0.3, -0.25) is 14.5 Å². The molecule has 0 saturated carbocycles. The van der Waals surface area contributed by atoms with Crippen molar-refractivity contribution in [1.82, 2.24) is 15.1 Å². The van der Waals surface area contributed by atoms with Gasteiger partial charge in [0.25, 0.3) is 0 Å². The summed E-state index contributed by atoms with van der Waals surface area (Å²) in [5.41, 5.74) is 4.11. The van der Waals surface area contributed by atoms with Crippen molar-refractivity contribution >= 4 is 34.8 Å². The van der Waals surface area contributed by atoms with Gasteiger partial charge in [0, 0.05) is 57.0 Å². The summed E-state index contributed by atoms with van der Waals surface area (Å²) in [4.78, 5) is 32.3. The Hall–Kier alpha value is -2.81. The molecule has 2 heterocycles. The number of nitrogens with one attached hydrogen (secondary N) is 2. The van der Waals surface area contributed by atoms with Gasteiger partial charge in [0.2, 0.25) is 0 Å². The molecule has 1 fully saturated rings. The molecule has 0 bridgehead atoms. The average molecular weight is 486 g/mol. The molecule has 34 heavy (non-hydrogen) atoms. The Balaban J connectivity index is 1.47.